The SMILES string of the molecule is CCc1ccc(NCN2C(=O)[C@@H]3[C@@H](C2=O)[C@@H]2C=C[C@@H]3C2)cc1. The molecular weight excluding hydrogens is 276 g/mol. The monoisotopic (exact) mass is 296 g/mol. The van der Waals surface area contributed by atoms with Crippen molar-refractivity contribution in [2.75, 3.05) is 12.0 Å². The standard InChI is InChI=1S/C18H20N2O2/c1-2-11-3-7-14(8-4-11)19-10-20-17(21)15-12-5-6-13(9-12)16(15)18(20)22/h3-8,12-13,15-16,19H,2,9-10H2,1H3/t12-,13-,15+,16+/m1/s1. The van der Waals surface area contributed by atoms with E-state index in [2.05, 4.69) is 36.5 Å². The Morgan fingerprint density at radius 3 is 2.18 bits per heavy atom. The van der Waals surface area contributed by atoms with Crippen LogP contribution in [-0.4, -0.2) is 23.4 Å². The number of carbonyl (C=O) groups excluding carboxylic acids is 2. The maximum atomic E-state index is 12.5. The van der Waals surface area contributed by atoms with Crippen molar-refractivity contribution >= 4 is 17.5 Å². The molecule has 114 valence electrons. The number of amides is 2. The minimum Gasteiger partial charge on any atom is -0.367 e. The first-order valence-corrected chi connectivity index (χ1v) is 8.05. The number of nitrogens with one attached hydrogen (secondary N) is 1. The van der Waals surface area contributed by atoms with Crippen molar-refractivity contribution in [2.45, 2.75) is 19.8 Å². The number of anilines is 1. The van der Waals surface area contributed by atoms with Crippen LogP contribution in [0.4, 0.5) is 5.69 Å². The van der Waals surface area contributed by atoms with Gasteiger partial charge in [0.2, 0.25) is 11.8 Å². The summed E-state index contributed by atoms with van der Waals surface area (Å²) in [4.78, 5) is 26.5. The zero-order chi connectivity index (χ0) is 15.3. The van der Waals surface area contributed by atoms with Crippen LogP contribution >= 0.6 is 0 Å². The fourth-order valence-electron chi connectivity index (χ4n) is 4.15. The van der Waals surface area contributed by atoms with Gasteiger partial charge in [0.15, 0.2) is 0 Å². The molecule has 4 heteroatoms. The highest BCUT2D eigenvalue weighted by atomic mass is 16.2. The Labute approximate surface area is 130 Å². The molecule has 0 unspecified atom stereocenters. The minimum atomic E-state index is -0.105. The molecule has 1 N–H and O–H groups in total. The van der Waals surface area contributed by atoms with Crippen LogP contribution < -0.4 is 5.32 Å². The predicted molar refractivity (Wildman–Crippen MR) is 83.9 cm³/mol. The van der Waals surface area contributed by atoms with Crippen molar-refractivity contribution < 1.29 is 9.59 Å². The normalized spacial score (nSPS) is 32.0. The molecule has 2 amide bonds. The number of aryl methyl sites for hydroxylation is 1. The number of nitrogens with zero attached hydrogens (tertiary/aromatic N) is 1. The summed E-state index contributed by atoms with van der Waals surface area (Å²) in [6, 6.07) is 8.12. The Balaban J connectivity index is 1.45. The molecule has 2 fully saturated rings. The summed E-state index contributed by atoms with van der Waals surface area (Å²) in [5.41, 5.74) is 2.21. The van der Waals surface area contributed by atoms with Gasteiger partial charge in [-0.05, 0) is 42.4 Å². The van der Waals surface area contributed by atoms with E-state index in [4.69, 9.17) is 0 Å². The zero-order valence-electron chi connectivity index (χ0n) is 12.7. The molecule has 1 aromatic carbocycles. The van der Waals surface area contributed by atoms with E-state index in [0.717, 1.165) is 18.5 Å². The number of imide groups is 1. The summed E-state index contributed by atoms with van der Waals surface area (Å²) in [5, 5.41) is 3.20. The van der Waals surface area contributed by atoms with Gasteiger partial charge in [-0.1, -0.05) is 31.2 Å². The van der Waals surface area contributed by atoms with Gasteiger partial charge in [0.05, 0.1) is 18.5 Å². The van der Waals surface area contributed by atoms with Crippen LogP contribution in [0.2, 0.25) is 0 Å². The molecule has 4 rings (SSSR count). The summed E-state index contributed by atoms with van der Waals surface area (Å²) >= 11 is 0. The Hall–Kier alpha value is -2.10. The average molecular weight is 296 g/mol. The highest BCUT2D eigenvalue weighted by Gasteiger charge is 2.59. The van der Waals surface area contributed by atoms with Gasteiger partial charge in [0.25, 0.3) is 0 Å². The van der Waals surface area contributed by atoms with Crippen molar-refractivity contribution in [1.29, 1.82) is 0 Å². The number of hydrogen-bond acceptors (Lipinski definition) is 3. The van der Waals surface area contributed by atoms with Crippen LogP contribution in [-0.2, 0) is 16.0 Å². The second kappa shape index (κ2) is 4.97. The fourth-order valence-corrected chi connectivity index (χ4v) is 4.15. The van der Waals surface area contributed by atoms with Crippen molar-refractivity contribution in [1.82, 2.24) is 4.90 Å². The molecule has 1 aromatic rings. The first kappa shape index (κ1) is 13.6. The first-order chi connectivity index (χ1) is 10.7. The molecule has 1 heterocycles. The third-order valence-electron chi connectivity index (χ3n) is 5.37. The lowest BCUT2D eigenvalue weighted by Gasteiger charge is -2.18. The molecule has 22 heavy (non-hydrogen) atoms. The van der Waals surface area contributed by atoms with Crippen LogP contribution in [0, 0.1) is 23.7 Å². The molecule has 1 aliphatic heterocycles. The average Bonchev–Trinajstić information content (AvgIpc) is 3.21. The fraction of sp³-hybridized carbons (Fsp3) is 0.444. The molecular formula is C18H20N2O2. The largest absolute Gasteiger partial charge is 0.367 e. The molecule has 1 saturated heterocycles. The van der Waals surface area contributed by atoms with E-state index in [-0.39, 0.29) is 42.2 Å². The van der Waals surface area contributed by atoms with E-state index in [1.165, 1.54) is 10.5 Å². The molecule has 3 aliphatic rings. The van der Waals surface area contributed by atoms with E-state index in [0.29, 0.717) is 0 Å². The van der Waals surface area contributed by atoms with Crippen LogP contribution in [0.25, 0.3) is 0 Å². The molecule has 2 aliphatic carbocycles. The van der Waals surface area contributed by atoms with Crippen LogP contribution in [0.1, 0.15) is 18.9 Å². The lowest BCUT2D eigenvalue weighted by atomic mass is 9.85. The first-order valence-electron chi connectivity index (χ1n) is 8.05. The highest BCUT2D eigenvalue weighted by molar-refractivity contribution is 6.06. The second-order valence-electron chi connectivity index (χ2n) is 6.49. The van der Waals surface area contributed by atoms with Gasteiger partial charge >= 0.3 is 0 Å². The van der Waals surface area contributed by atoms with Gasteiger partial charge in [-0.25, -0.2) is 0 Å². The lowest BCUT2D eigenvalue weighted by Crippen LogP contribution is -2.37. The van der Waals surface area contributed by atoms with Gasteiger partial charge in [0, 0.05) is 5.69 Å². The van der Waals surface area contributed by atoms with Gasteiger partial charge < -0.3 is 5.32 Å². The molecule has 4 atom stereocenters. The molecule has 2 bridgehead atoms. The zero-order valence-corrected chi connectivity index (χ0v) is 12.7. The van der Waals surface area contributed by atoms with Crippen molar-refractivity contribution in [3.63, 3.8) is 0 Å². The molecule has 0 spiro atoms. The number of hydrogen-bond donors (Lipinski definition) is 1. The number of likely N-dealkylation sites (tertiary alicyclic amines) is 1. The highest BCUT2D eigenvalue weighted by Crippen LogP contribution is 2.52. The number of fused-ring (bicyclic) bond motifs is 5. The molecule has 4 nitrogen and oxygen atoms in total. The predicted octanol–water partition coefficient (Wildman–Crippen LogP) is 2.43. The number of allylic oxidation sites excluding steroid dienone is 2. The van der Waals surface area contributed by atoms with Crippen molar-refractivity contribution in [3.8, 4) is 0 Å². The Bertz CT molecular complexity index is 620. The van der Waals surface area contributed by atoms with Crippen molar-refractivity contribution in [2.24, 2.45) is 23.7 Å². The maximum absolute atomic E-state index is 12.5. The lowest BCUT2D eigenvalue weighted by molar-refractivity contribution is -0.140. The summed E-state index contributed by atoms with van der Waals surface area (Å²) in [7, 11) is 0. The van der Waals surface area contributed by atoms with E-state index >= 15 is 0 Å². The van der Waals surface area contributed by atoms with Gasteiger partial charge in [-0.3, -0.25) is 14.5 Å². The Morgan fingerprint density at radius 1 is 1.05 bits per heavy atom. The number of carbonyl (C=O) groups is 2. The third kappa shape index (κ3) is 1.90. The number of benzene rings is 1. The van der Waals surface area contributed by atoms with E-state index in [1.54, 1.807) is 0 Å². The summed E-state index contributed by atoms with van der Waals surface area (Å²) in [6.45, 7) is 2.39. The van der Waals surface area contributed by atoms with E-state index in [9.17, 15) is 9.59 Å². The molecule has 0 aromatic heterocycles. The van der Waals surface area contributed by atoms with Crippen LogP contribution in [0.5, 0.6) is 0 Å². The Morgan fingerprint density at radius 2 is 1.64 bits per heavy atom. The summed E-state index contributed by atoms with van der Waals surface area (Å²) in [6.07, 6.45) is 6.23. The second-order valence-corrected chi connectivity index (χ2v) is 6.49. The third-order valence-corrected chi connectivity index (χ3v) is 5.37. The van der Waals surface area contributed by atoms with E-state index in [1.807, 2.05) is 12.1 Å². The molecule has 0 radical (unpaired) electrons. The van der Waals surface area contributed by atoms with Gasteiger partial charge in [0.1, 0.15) is 0 Å². The summed E-state index contributed by atoms with van der Waals surface area (Å²) < 4.78 is 0. The van der Waals surface area contributed by atoms with E-state index < -0.39 is 0 Å². The van der Waals surface area contributed by atoms with Crippen LogP contribution in [0.15, 0.2) is 36.4 Å². The topological polar surface area (TPSA) is 49.4 Å². The summed E-state index contributed by atoms with van der Waals surface area (Å²) in [5.74, 6) is 0.355. The number of rotatable bonds is 4. The minimum absolute atomic E-state index is 0.00419. The molecule has 1 saturated carbocycles. The van der Waals surface area contributed by atoms with Crippen LogP contribution in [0.3, 0.4) is 0 Å². The van der Waals surface area contributed by atoms with Gasteiger partial charge in [-0.15, -0.1) is 0 Å². The quantitative estimate of drug-likeness (QED) is 0.686. The maximum Gasteiger partial charge on any atom is 0.235 e. The van der Waals surface area contributed by atoms with Crippen molar-refractivity contribution in [3.05, 3.63) is 42.0 Å². The smallest absolute Gasteiger partial charge is 0.235 e. The Kier molecular flexibility index (Phi) is 3.06. The van der Waals surface area contributed by atoms with Gasteiger partial charge in [-0.2, -0.15) is 0 Å².